The van der Waals surface area contributed by atoms with E-state index in [1.54, 1.807) is 7.05 Å². The van der Waals surface area contributed by atoms with Crippen molar-refractivity contribution in [2.24, 2.45) is 7.05 Å². The number of hydrogen-bond donors (Lipinski definition) is 2. The highest BCUT2D eigenvalue weighted by atomic mass is 32.2. The first-order valence-corrected chi connectivity index (χ1v) is 6.26. The summed E-state index contributed by atoms with van der Waals surface area (Å²) in [6.45, 7) is 0. The van der Waals surface area contributed by atoms with Crippen LogP contribution in [0.25, 0.3) is 0 Å². The van der Waals surface area contributed by atoms with Crippen molar-refractivity contribution in [2.75, 3.05) is 10.5 Å². The maximum Gasteiger partial charge on any atom is 0.303 e. The molecule has 16 heavy (non-hydrogen) atoms. The summed E-state index contributed by atoms with van der Waals surface area (Å²) in [6, 6.07) is 1.52. The smallest absolute Gasteiger partial charge is 0.303 e. The van der Waals surface area contributed by atoms with E-state index in [-0.39, 0.29) is 18.6 Å². The van der Waals surface area contributed by atoms with Gasteiger partial charge in [0, 0.05) is 19.5 Å². The highest BCUT2D eigenvalue weighted by Gasteiger charge is 2.12. The number of carbonyl (C=O) groups is 1. The van der Waals surface area contributed by atoms with E-state index in [1.165, 1.54) is 16.9 Å². The second-order valence-corrected chi connectivity index (χ2v) is 5.10. The van der Waals surface area contributed by atoms with Gasteiger partial charge in [-0.3, -0.25) is 14.2 Å². The fourth-order valence-corrected chi connectivity index (χ4v) is 2.24. The zero-order chi connectivity index (χ0) is 12.2. The van der Waals surface area contributed by atoms with Crippen LogP contribution in [0.5, 0.6) is 0 Å². The zero-order valence-corrected chi connectivity index (χ0v) is 9.57. The molecule has 1 aromatic heterocycles. The molecule has 7 nitrogen and oxygen atoms in total. The van der Waals surface area contributed by atoms with Crippen molar-refractivity contribution in [3.8, 4) is 0 Å². The van der Waals surface area contributed by atoms with Crippen molar-refractivity contribution in [3.63, 3.8) is 0 Å². The first-order valence-electron chi connectivity index (χ1n) is 4.61. The molecular formula is C8H13N3O4S. The molecule has 0 aromatic carbocycles. The third kappa shape index (κ3) is 3.89. The van der Waals surface area contributed by atoms with Crippen LogP contribution in [0.4, 0.5) is 5.82 Å². The lowest BCUT2D eigenvalue weighted by molar-refractivity contribution is -0.137. The Morgan fingerprint density at radius 1 is 1.62 bits per heavy atom. The van der Waals surface area contributed by atoms with Crippen molar-refractivity contribution in [2.45, 2.75) is 12.8 Å². The van der Waals surface area contributed by atoms with Crippen LogP contribution in [0.2, 0.25) is 0 Å². The Labute approximate surface area is 93.1 Å². The summed E-state index contributed by atoms with van der Waals surface area (Å²) in [7, 11) is -1.89. The predicted molar refractivity (Wildman–Crippen MR) is 57.5 cm³/mol. The Bertz CT molecular complexity index is 465. The van der Waals surface area contributed by atoms with E-state index >= 15 is 0 Å². The van der Waals surface area contributed by atoms with Gasteiger partial charge in [-0.05, 0) is 6.42 Å². The van der Waals surface area contributed by atoms with Gasteiger partial charge in [0.15, 0.2) is 0 Å². The van der Waals surface area contributed by atoms with Crippen LogP contribution in [0.15, 0.2) is 12.3 Å². The highest BCUT2D eigenvalue weighted by molar-refractivity contribution is 7.92. The highest BCUT2D eigenvalue weighted by Crippen LogP contribution is 2.07. The summed E-state index contributed by atoms with van der Waals surface area (Å²) >= 11 is 0. The summed E-state index contributed by atoms with van der Waals surface area (Å²) in [5.74, 6) is -0.865. The van der Waals surface area contributed by atoms with Crippen molar-refractivity contribution in [1.29, 1.82) is 0 Å². The number of aryl methyl sites for hydroxylation is 1. The lowest BCUT2D eigenvalue weighted by Crippen LogP contribution is -2.19. The van der Waals surface area contributed by atoms with Gasteiger partial charge < -0.3 is 5.11 Å². The summed E-state index contributed by atoms with van der Waals surface area (Å²) in [6.07, 6.45) is 1.39. The molecule has 0 radical (unpaired) electrons. The third-order valence-corrected chi connectivity index (χ3v) is 3.23. The minimum atomic E-state index is -3.50. The molecule has 1 rings (SSSR count). The zero-order valence-electron chi connectivity index (χ0n) is 8.75. The minimum absolute atomic E-state index is 0.0858. The first-order chi connectivity index (χ1) is 7.41. The van der Waals surface area contributed by atoms with Gasteiger partial charge in [0.1, 0.15) is 5.82 Å². The number of nitrogens with one attached hydrogen (secondary N) is 1. The topological polar surface area (TPSA) is 101 Å². The average Bonchev–Trinajstić information content (AvgIpc) is 2.50. The van der Waals surface area contributed by atoms with Crippen molar-refractivity contribution in [1.82, 2.24) is 9.78 Å². The first kappa shape index (κ1) is 12.5. The number of aliphatic carboxylic acids is 1. The van der Waals surface area contributed by atoms with E-state index in [0.29, 0.717) is 5.82 Å². The van der Waals surface area contributed by atoms with Crippen LogP contribution in [0.1, 0.15) is 12.8 Å². The van der Waals surface area contributed by atoms with Crippen LogP contribution in [0, 0.1) is 0 Å². The number of nitrogens with zero attached hydrogens (tertiary/aromatic N) is 2. The van der Waals surface area contributed by atoms with E-state index in [9.17, 15) is 13.2 Å². The van der Waals surface area contributed by atoms with Crippen molar-refractivity contribution >= 4 is 21.8 Å². The Kier molecular flexibility index (Phi) is 3.88. The fourth-order valence-electron chi connectivity index (χ4n) is 1.10. The second kappa shape index (κ2) is 4.97. The number of anilines is 1. The van der Waals surface area contributed by atoms with Gasteiger partial charge in [-0.25, -0.2) is 8.42 Å². The quantitative estimate of drug-likeness (QED) is 0.738. The molecule has 1 heterocycles. The van der Waals surface area contributed by atoms with Gasteiger partial charge in [-0.1, -0.05) is 0 Å². The summed E-state index contributed by atoms with van der Waals surface area (Å²) in [5, 5.41) is 12.2. The Hall–Kier alpha value is -1.57. The predicted octanol–water partition coefficient (Wildman–Crippen LogP) is 0.0266. The molecule has 0 atom stereocenters. The van der Waals surface area contributed by atoms with Gasteiger partial charge in [0.25, 0.3) is 0 Å². The number of rotatable bonds is 6. The van der Waals surface area contributed by atoms with E-state index in [4.69, 9.17) is 5.11 Å². The minimum Gasteiger partial charge on any atom is -0.481 e. The Balaban J connectivity index is 2.53. The number of aromatic nitrogens is 2. The standard InChI is InChI=1S/C8H13N3O4S/c1-11-7(4-5-9-11)10-16(14,15)6-2-3-8(12)13/h4-5,10H,2-3,6H2,1H3,(H,12,13). The monoisotopic (exact) mass is 247 g/mol. The molecule has 1 aromatic rings. The van der Waals surface area contributed by atoms with E-state index in [0.717, 1.165) is 0 Å². The summed E-state index contributed by atoms with van der Waals surface area (Å²) in [5.41, 5.74) is 0. The molecule has 0 aliphatic rings. The molecule has 0 amide bonds. The van der Waals surface area contributed by atoms with Gasteiger partial charge in [0.2, 0.25) is 10.0 Å². The second-order valence-electron chi connectivity index (χ2n) is 3.26. The molecule has 2 N–H and O–H groups in total. The molecular weight excluding hydrogens is 234 g/mol. The molecule has 90 valence electrons. The van der Waals surface area contributed by atoms with Gasteiger partial charge in [-0.2, -0.15) is 5.10 Å². The molecule has 0 unspecified atom stereocenters. The molecule has 0 saturated carbocycles. The molecule has 0 fully saturated rings. The lowest BCUT2D eigenvalue weighted by Gasteiger charge is -2.06. The van der Waals surface area contributed by atoms with Crippen LogP contribution in [0.3, 0.4) is 0 Å². The maximum absolute atomic E-state index is 11.5. The summed E-state index contributed by atoms with van der Waals surface area (Å²) in [4.78, 5) is 10.2. The summed E-state index contributed by atoms with van der Waals surface area (Å²) < 4.78 is 26.7. The molecule has 8 heteroatoms. The van der Waals surface area contributed by atoms with E-state index in [1.807, 2.05) is 0 Å². The number of carboxylic acids is 1. The largest absolute Gasteiger partial charge is 0.481 e. The molecule has 0 bridgehead atoms. The lowest BCUT2D eigenvalue weighted by atomic mass is 10.3. The van der Waals surface area contributed by atoms with Crippen molar-refractivity contribution in [3.05, 3.63) is 12.3 Å². The van der Waals surface area contributed by atoms with E-state index < -0.39 is 16.0 Å². The normalized spacial score (nSPS) is 11.3. The molecule has 0 saturated heterocycles. The van der Waals surface area contributed by atoms with Crippen LogP contribution >= 0.6 is 0 Å². The van der Waals surface area contributed by atoms with Gasteiger partial charge in [0.05, 0.1) is 11.9 Å². The number of hydrogen-bond acceptors (Lipinski definition) is 4. The average molecular weight is 247 g/mol. The Morgan fingerprint density at radius 3 is 2.81 bits per heavy atom. The van der Waals surface area contributed by atoms with Gasteiger partial charge >= 0.3 is 5.97 Å². The van der Waals surface area contributed by atoms with E-state index in [2.05, 4.69) is 9.82 Å². The fraction of sp³-hybridized carbons (Fsp3) is 0.500. The van der Waals surface area contributed by atoms with Gasteiger partial charge in [-0.15, -0.1) is 0 Å². The molecule has 0 aliphatic heterocycles. The third-order valence-electron chi connectivity index (χ3n) is 1.88. The van der Waals surface area contributed by atoms with Crippen molar-refractivity contribution < 1.29 is 18.3 Å². The van der Waals surface area contributed by atoms with Crippen LogP contribution in [-0.2, 0) is 21.9 Å². The van der Waals surface area contributed by atoms with Crippen LogP contribution in [-0.4, -0.2) is 35.0 Å². The molecule has 0 aliphatic carbocycles. The SMILES string of the molecule is Cn1nccc1NS(=O)(=O)CCCC(=O)O. The number of sulfonamides is 1. The van der Waals surface area contributed by atoms with Crippen LogP contribution < -0.4 is 4.72 Å². The Morgan fingerprint density at radius 2 is 2.31 bits per heavy atom. The maximum atomic E-state index is 11.5. The molecule has 0 spiro atoms. The number of carboxylic acid groups (broad SMARTS) is 1.